The van der Waals surface area contributed by atoms with Gasteiger partial charge in [0.05, 0.1) is 18.1 Å². The Bertz CT molecular complexity index is 977. The summed E-state index contributed by atoms with van der Waals surface area (Å²) >= 11 is 0. The van der Waals surface area contributed by atoms with E-state index in [4.69, 9.17) is 14.2 Å². The molecule has 0 N–H and O–H groups in total. The van der Waals surface area contributed by atoms with Gasteiger partial charge in [-0.3, -0.25) is 10.1 Å². The fraction of sp³-hybridized carbons (Fsp3) is 0.200. The number of nitro benzene ring substituents is 1. The monoisotopic (exact) mass is 382 g/mol. The maximum atomic E-state index is 12.1. The highest BCUT2D eigenvalue weighted by atomic mass is 16.6. The molecule has 8 heteroatoms. The SMILES string of the molecule is COc1cc(/C=C2\N=C(c3ccc([N+](=O)[O-])cc3)OC2=O)ccc1OC(C)C. The summed E-state index contributed by atoms with van der Waals surface area (Å²) in [7, 11) is 1.54. The number of benzene rings is 2. The Hall–Kier alpha value is -3.68. The number of aliphatic imine (C=N–C) groups is 1. The first-order valence-corrected chi connectivity index (χ1v) is 8.49. The van der Waals surface area contributed by atoms with E-state index in [2.05, 4.69) is 4.99 Å². The average molecular weight is 382 g/mol. The van der Waals surface area contributed by atoms with Crippen molar-refractivity contribution in [2.24, 2.45) is 4.99 Å². The molecule has 0 atom stereocenters. The van der Waals surface area contributed by atoms with Gasteiger partial charge in [0.1, 0.15) is 0 Å². The molecule has 1 aliphatic heterocycles. The second-order valence-electron chi connectivity index (χ2n) is 6.22. The van der Waals surface area contributed by atoms with Crippen LogP contribution in [0.5, 0.6) is 11.5 Å². The van der Waals surface area contributed by atoms with E-state index < -0.39 is 10.9 Å². The Morgan fingerprint density at radius 1 is 1.14 bits per heavy atom. The van der Waals surface area contributed by atoms with Crippen molar-refractivity contribution in [1.82, 2.24) is 0 Å². The molecule has 0 amide bonds. The highest BCUT2D eigenvalue weighted by molar-refractivity contribution is 6.12. The minimum Gasteiger partial charge on any atom is -0.493 e. The van der Waals surface area contributed by atoms with Crippen molar-refractivity contribution >= 4 is 23.6 Å². The van der Waals surface area contributed by atoms with Gasteiger partial charge in [-0.1, -0.05) is 6.07 Å². The van der Waals surface area contributed by atoms with Crippen molar-refractivity contribution in [3.8, 4) is 11.5 Å². The number of ether oxygens (including phenoxy) is 3. The van der Waals surface area contributed by atoms with E-state index in [1.807, 2.05) is 13.8 Å². The molecule has 2 aromatic carbocycles. The van der Waals surface area contributed by atoms with Crippen LogP contribution in [0.15, 0.2) is 53.2 Å². The number of carbonyl (C=O) groups excluding carboxylic acids is 1. The summed E-state index contributed by atoms with van der Waals surface area (Å²) in [4.78, 5) is 26.6. The van der Waals surface area contributed by atoms with Crippen molar-refractivity contribution in [1.29, 1.82) is 0 Å². The van der Waals surface area contributed by atoms with Gasteiger partial charge in [0, 0.05) is 17.7 Å². The first kappa shape index (κ1) is 19.1. The standard InChI is InChI=1S/C20H18N2O6/c1-12(2)27-17-9-4-13(11-18(17)26-3)10-16-20(23)28-19(21-16)14-5-7-15(8-6-14)22(24)25/h4-12H,1-3H3/b16-10-. The number of nitrogens with zero attached hydrogens (tertiary/aromatic N) is 2. The van der Waals surface area contributed by atoms with E-state index in [1.165, 1.54) is 31.4 Å². The lowest BCUT2D eigenvalue weighted by Crippen LogP contribution is -2.06. The normalized spacial score (nSPS) is 14.8. The molecule has 0 unspecified atom stereocenters. The fourth-order valence-corrected chi connectivity index (χ4v) is 2.54. The highest BCUT2D eigenvalue weighted by Crippen LogP contribution is 2.30. The number of methoxy groups -OCH3 is 1. The summed E-state index contributed by atoms with van der Waals surface area (Å²) in [5.74, 6) is 0.630. The molecule has 0 aromatic heterocycles. The Morgan fingerprint density at radius 2 is 1.86 bits per heavy atom. The minimum absolute atomic E-state index is 0.00299. The molecule has 1 aliphatic rings. The van der Waals surface area contributed by atoms with Gasteiger partial charge in [0.15, 0.2) is 17.2 Å². The second-order valence-corrected chi connectivity index (χ2v) is 6.22. The highest BCUT2D eigenvalue weighted by Gasteiger charge is 2.24. The molecule has 8 nitrogen and oxygen atoms in total. The van der Waals surface area contributed by atoms with Crippen molar-refractivity contribution in [3.63, 3.8) is 0 Å². The Morgan fingerprint density at radius 3 is 2.46 bits per heavy atom. The number of esters is 1. The average Bonchev–Trinajstić information content (AvgIpc) is 3.03. The van der Waals surface area contributed by atoms with Crippen LogP contribution in [0.1, 0.15) is 25.0 Å². The second kappa shape index (κ2) is 7.91. The number of cyclic esters (lactones) is 1. The van der Waals surface area contributed by atoms with Crippen LogP contribution in [0.3, 0.4) is 0 Å². The Kier molecular flexibility index (Phi) is 5.39. The summed E-state index contributed by atoms with van der Waals surface area (Å²) in [5.41, 5.74) is 1.22. The van der Waals surface area contributed by atoms with Crippen LogP contribution in [0.2, 0.25) is 0 Å². The van der Waals surface area contributed by atoms with E-state index in [0.29, 0.717) is 22.6 Å². The molecule has 0 saturated heterocycles. The molecule has 0 aliphatic carbocycles. The number of hydrogen-bond donors (Lipinski definition) is 0. The van der Waals surface area contributed by atoms with Gasteiger partial charge in [0.25, 0.3) is 5.69 Å². The minimum atomic E-state index is -0.602. The molecule has 1 heterocycles. The van der Waals surface area contributed by atoms with E-state index in [9.17, 15) is 14.9 Å². The summed E-state index contributed by atoms with van der Waals surface area (Å²) in [6, 6.07) is 10.9. The van der Waals surface area contributed by atoms with E-state index in [-0.39, 0.29) is 23.4 Å². The van der Waals surface area contributed by atoms with E-state index >= 15 is 0 Å². The van der Waals surface area contributed by atoms with Crippen LogP contribution >= 0.6 is 0 Å². The van der Waals surface area contributed by atoms with Crippen LogP contribution in [0.4, 0.5) is 5.69 Å². The quantitative estimate of drug-likeness (QED) is 0.327. The molecule has 28 heavy (non-hydrogen) atoms. The lowest BCUT2D eigenvalue weighted by molar-refractivity contribution is -0.384. The van der Waals surface area contributed by atoms with Gasteiger partial charge in [-0.05, 0) is 49.8 Å². The molecule has 0 saturated carbocycles. The van der Waals surface area contributed by atoms with Gasteiger partial charge in [-0.2, -0.15) is 0 Å². The topological polar surface area (TPSA) is 100 Å². The maximum absolute atomic E-state index is 12.1. The maximum Gasteiger partial charge on any atom is 0.363 e. The van der Waals surface area contributed by atoms with Crippen molar-refractivity contribution < 1.29 is 23.9 Å². The largest absolute Gasteiger partial charge is 0.493 e. The zero-order valence-electron chi connectivity index (χ0n) is 15.5. The lowest BCUT2D eigenvalue weighted by atomic mass is 10.1. The number of nitro groups is 1. The molecule has 144 valence electrons. The summed E-state index contributed by atoms with van der Waals surface area (Å²) in [6.07, 6.45) is 1.57. The zero-order valence-corrected chi connectivity index (χ0v) is 15.5. The van der Waals surface area contributed by atoms with Crippen LogP contribution in [0, 0.1) is 10.1 Å². The van der Waals surface area contributed by atoms with Gasteiger partial charge in [0.2, 0.25) is 5.90 Å². The summed E-state index contributed by atoms with van der Waals surface area (Å²) < 4.78 is 16.2. The Balaban J connectivity index is 1.87. The smallest absolute Gasteiger partial charge is 0.363 e. The molecule has 0 radical (unpaired) electrons. The molecular weight excluding hydrogens is 364 g/mol. The van der Waals surface area contributed by atoms with Gasteiger partial charge >= 0.3 is 5.97 Å². The lowest BCUT2D eigenvalue weighted by Gasteiger charge is -2.13. The molecular formula is C20H18N2O6. The summed E-state index contributed by atoms with van der Waals surface area (Å²) in [5, 5.41) is 10.7. The van der Waals surface area contributed by atoms with E-state index in [0.717, 1.165) is 0 Å². The molecule has 0 spiro atoms. The van der Waals surface area contributed by atoms with Crippen molar-refractivity contribution in [2.75, 3.05) is 7.11 Å². The van der Waals surface area contributed by atoms with Crippen LogP contribution in [0.25, 0.3) is 6.08 Å². The van der Waals surface area contributed by atoms with Crippen molar-refractivity contribution in [2.45, 2.75) is 20.0 Å². The van der Waals surface area contributed by atoms with Gasteiger partial charge in [-0.25, -0.2) is 9.79 Å². The summed E-state index contributed by atoms with van der Waals surface area (Å²) in [6.45, 7) is 3.83. The Labute approximate surface area is 161 Å². The van der Waals surface area contributed by atoms with Crippen LogP contribution < -0.4 is 9.47 Å². The molecule has 3 rings (SSSR count). The molecule has 0 fully saturated rings. The van der Waals surface area contributed by atoms with E-state index in [1.54, 1.807) is 24.3 Å². The van der Waals surface area contributed by atoms with Crippen LogP contribution in [-0.4, -0.2) is 30.0 Å². The number of non-ortho nitro benzene ring substituents is 1. The third kappa shape index (κ3) is 4.17. The fourth-order valence-electron chi connectivity index (χ4n) is 2.54. The molecule has 0 bridgehead atoms. The number of carbonyl (C=O) groups is 1. The first-order valence-electron chi connectivity index (χ1n) is 8.49. The van der Waals surface area contributed by atoms with Crippen LogP contribution in [-0.2, 0) is 9.53 Å². The third-order valence-electron chi connectivity index (χ3n) is 3.80. The van der Waals surface area contributed by atoms with Crippen molar-refractivity contribution in [3.05, 3.63) is 69.4 Å². The number of rotatable bonds is 6. The molecule has 2 aromatic rings. The first-order chi connectivity index (χ1) is 13.4. The number of hydrogen-bond acceptors (Lipinski definition) is 7. The zero-order chi connectivity index (χ0) is 20.3. The predicted molar refractivity (Wildman–Crippen MR) is 102 cm³/mol. The van der Waals surface area contributed by atoms with Gasteiger partial charge < -0.3 is 14.2 Å². The predicted octanol–water partition coefficient (Wildman–Crippen LogP) is 3.74. The van der Waals surface area contributed by atoms with Gasteiger partial charge in [-0.15, -0.1) is 0 Å². The third-order valence-corrected chi connectivity index (χ3v) is 3.80.